The topological polar surface area (TPSA) is 57.2 Å². The van der Waals surface area contributed by atoms with Crippen LogP contribution in [0.5, 0.6) is 0 Å². The largest absolute Gasteiger partial charge is 1.00 e. The zero-order chi connectivity index (χ0) is 21.5. The molecule has 0 saturated carbocycles. The molecule has 0 amide bonds. The Bertz CT molecular complexity index is 761. The van der Waals surface area contributed by atoms with E-state index in [0.29, 0.717) is 12.1 Å². The Morgan fingerprint density at radius 2 is 1.32 bits per heavy atom. The summed E-state index contributed by atoms with van der Waals surface area (Å²) in [5.74, 6) is -19.7. The fourth-order valence-corrected chi connectivity index (χ4v) is 2.92. The molecular formula is C14H12F9NaO3S. The third kappa shape index (κ3) is 5.15. The number of rotatable bonds is 7. The minimum atomic E-state index is -7.01. The molecule has 1 aromatic carbocycles. The van der Waals surface area contributed by atoms with Crippen LogP contribution in [0.1, 0.15) is 24.5 Å². The molecule has 0 fully saturated rings. The average Bonchev–Trinajstić information content (AvgIpc) is 2.50. The van der Waals surface area contributed by atoms with Crippen molar-refractivity contribution in [2.45, 2.75) is 49.0 Å². The van der Waals surface area contributed by atoms with Crippen LogP contribution in [0.15, 0.2) is 24.3 Å². The van der Waals surface area contributed by atoms with Crippen LogP contribution in [-0.2, 0) is 22.5 Å². The number of alkyl halides is 9. The van der Waals surface area contributed by atoms with Gasteiger partial charge < -0.3 is 4.55 Å². The van der Waals surface area contributed by atoms with Crippen LogP contribution in [0, 0.1) is 0 Å². The molecule has 0 spiro atoms. The van der Waals surface area contributed by atoms with Crippen LogP contribution >= 0.6 is 0 Å². The molecule has 0 aliphatic heterocycles. The first-order valence-corrected chi connectivity index (χ1v) is 8.61. The first-order chi connectivity index (χ1) is 11.9. The van der Waals surface area contributed by atoms with Gasteiger partial charge in [-0.25, -0.2) is 8.42 Å². The summed E-state index contributed by atoms with van der Waals surface area (Å²) in [6.07, 6.45) is -7.56. The quantitative estimate of drug-likeness (QED) is 0.357. The summed E-state index contributed by atoms with van der Waals surface area (Å²) >= 11 is 0. The van der Waals surface area contributed by atoms with Crippen molar-refractivity contribution in [3.63, 3.8) is 0 Å². The molecule has 1 unspecified atom stereocenters. The Hall–Kier alpha value is -0.500. The molecule has 1 rings (SSSR count). The van der Waals surface area contributed by atoms with Gasteiger partial charge in [-0.15, -0.1) is 0 Å². The SMILES string of the molecule is CCC(Cc1ccc(C(F)(F)C(F)(F)C(F)(F)C(F)(F)F)cc1)S(=O)(=O)[O-].[Na+]. The van der Waals surface area contributed by atoms with Gasteiger partial charge in [0.15, 0.2) is 0 Å². The molecular weight excluding hydrogens is 442 g/mol. The van der Waals surface area contributed by atoms with E-state index in [1.54, 1.807) is 0 Å². The van der Waals surface area contributed by atoms with Crippen LogP contribution in [0.3, 0.4) is 0 Å². The smallest absolute Gasteiger partial charge is 0.748 e. The minimum absolute atomic E-state index is 0. The molecule has 3 nitrogen and oxygen atoms in total. The van der Waals surface area contributed by atoms with Crippen molar-refractivity contribution in [2.24, 2.45) is 0 Å². The van der Waals surface area contributed by atoms with E-state index in [0.717, 1.165) is 0 Å². The van der Waals surface area contributed by atoms with Crippen molar-refractivity contribution in [3.8, 4) is 0 Å². The van der Waals surface area contributed by atoms with Gasteiger partial charge >= 0.3 is 53.5 Å². The molecule has 0 aromatic heterocycles. The van der Waals surface area contributed by atoms with Crippen molar-refractivity contribution in [1.29, 1.82) is 0 Å². The molecule has 1 aromatic rings. The zero-order valence-electron chi connectivity index (χ0n) is 14.3. The maximum atomic E-state index is 13.7. The fourth-order valence-electron chi connectivity index (χ4n) is 2.12. The second-order valence-corrected chi connectivity index (χ2v) is 7.30. The molecule has 0 saturated heterocycles. The van der Waals surface area contributed by atoms with Crippen molar-refractivity contribution in [1.82, 2.24) is 0 Å². The second kappa shape index (κ2) is 8.70. The van der Waals surface area contributed by atoms with Gasteiger partial charge in [0.05, 0.1) is 15.4 Å². The van der Waals surface area contributed by atoms with Crippen molar-refractivity contribution >= 4 is 10.1 Å². The van der Waals surface area contributed by atoms with E-state index in [1.807, 2.05) is 0 Å². The van der Waals surface area contributed by atoms with E-state index in [-0.39, 0.29) is 53.7 Å². The number of hydrogen-bond acceptors (Lipinski definition) is 3. The van der Waals surface area contributed by atoms with Gasteiger partial charge in [0.25, 0.3) is 0 Å². The molecule has 14 heteroatoms. The Kier molecular flexibility index (Phi) is 8.55. The summed E-state index contributed by atoms with van der Waals surface area (Å²) < 4.78 is 149. The van der Waals surface area contributed by atoms with Crippen molar-refractivity contribution in [3.05, 3.63) is 35.4 Å². The first-order valence-electron chi connectivity index (χ1n) is 7.14. The Labute approximate surface area is 176 Å². The molecule has 156 valence electrons. The van der Waals surface area contributed by atoms with Crippen molar-refractivity contribution < 1.29 is 82.0 Å². The second-order valence-electron chi connectivity index (χ2n) is 5.65. The summed E-state index contributed by atoms with van der Waals surface area (Å²) in [7, 11) is -4.75. The third-order valence-electron chi connectivity index (χ3n) is 3.79. The maximum absolute atomic E-state index is 13.7. The van der Waals surface area contributed by atoms with Crippen LogP contribution in [-0.4, -0.2) is 36.2 Å². The normalized spacial score (nSPS) is 15.1. The standard InChI is InChI=1S/C14H13F9O3S.Na/c1-2-10(27(24,25)26)7-8-3-5-9(6-4-8)11(15,16)12(17,18)13(19,20)14(21,22)23;/h3-6,10H,2,7H2,1H3,(H,24,25,26);/q;+1/p-1. The summed E-state index contributed by atoms with van der Waals surface area (Å²) in [4.78, 5) is 0. The monoisotopic (exact) mass is 454 g/mol. The molecule has 28 heavy (non-hydrogen) atoms. The van der Waals surface area contributed by atoms with Crippen LogP contribution in [0.4, 0.5) is 39.5 Å². The zero-order valence-corrected chi connectivity index (χ0v) is 17.2. The molecule has 0 radical (unpaired) electrons. The maximum Gasteiger partial charge on any atom is 1.00 e. The fraction of sp³-hybridized carbons (Fsp3) is 0.571. The molecule has 0 aliphatic rings. The van der Waals surface area contributed by atoms with Gasteiger partial charge in [0, 0.05) is 5.56 Å². The van der Waals surface area contributed by atoms with E-state index in [1.165, 1.54) is 6.92 Å². The summed E-state index contributed by atoms with van der Waals surface area (Å²) in [5.41, 5.74) is -1.93. The predicted molar refractivity (Wildman–Crippen MR) is 73.8 cm³/mol. The number of benzene rings is 1. The van der Waals surface area contributed by atoms with E-state index >= 15 is 0 Å². The van der Waals surface area contributed by atoms with Gasteiger partial charge in [-0.1, -0.05) is 31.2 Å². The van der Waals surface area contributed by atoms with E-state index in [9.17, 15) is 52.5 Å². The Morgan fingerprint density at radius 1 is 0.893 bits per heavy atom. The summed E-state index contributed by atoms with van der Waals surface area (Å²) in [6.45, 7) is 1.34. The minimum Gasteiger partial charge on any atom is -0.748 e. The van der Waals surface area contributed by atoms with Gasteiger partial charge in [0.1, 0.15) is 0 Å². The van der Waals surface area contributed by atoms with Crippen molar-refractivity contribution in [2.75, 3.05) is 0 Å². The Balaban J connectivity index is 0.00000729. The third-order valence-corrected chi connectivity index (χ3v) is 5.10. The van der Waals surface area contributed by atoms with E-state index in [4.69, 9.17) is 0 Å². The first kappa shape index (κ1) is 27.5. The van der Waals surface area contributed by atoms with Gasteiger partial charge in [-0.3, -0.25) is 0 Å². The van der Waals surface area contributed by atoms with E-state index < -0.39 is 51.3 Å². The Morgan fingerprint density at radius 3 is 1.64 bits per heavy atom. The van der Waals surface area contributed by atoms with Gasteiger partial charge in [0.2, 0.25) is 0 Å². The molecule has 0 heterocycles. The molecule has 0 bridgehead atoms. The molecule has 0 N–H and O–H groups in total. The van der Waals surface area contributed by atoms with Crippen LogP contribution in [0.2, 0.25) is 0 Å². The summed E-state index contributed by atoms with van der Waals surface area (Å²) in [6, 6.07) is 1.61. The number of hydrogen-bond donors (Lipinski definition) is 0. The average molecular weight is 454 g/mol. The summed E-state index contributed by atoms with van der Waals surface area (Å²) in [5, 5.41) is -1.46. The number of halogens is 9. The molecule has 1 atom stereocenters. The van der Waals surface area contributed by atoms with Crippen LogP contribution < -0.4 is 29.6 Å². The van der Waals surface area contributed by atoms with Gasteiger partial charge in [-0.2, -0.15) is 39.5 Å². The van der Waals surface area contributed by atoms with E-state index in [2.05, 4.69) is 0 Å². The predicted octanol–water partition coefficient (Wildman–Crippen LogP) is 1.48. The molecule has 0 aliphatic carbocycles. The van der Waals surface area contributed by atoms with Gasteiger partial charge in [-0.05, 0) is 18.4 Å². The van der Waals surface area contributed by atoms with Crippen LogP contribution in [0.25, 0.3) is 0 Å².